The van der Waals surface area contributed by atoms with Crippen molar-refractivity contribution in [3.8, 4) is 0 Å². The number of aryl methyl sites for hydroxylation is 1. The van der Waals surface area contributed by atoms with E-state index in [2.05, 4.69) is 48.6 Å². The first-order chi connectivity index (χ1) is 13.7. The van der Waals surface area contributed by atoms with Crippen LogP contribution < -0.4 is 5.32 Å². The Hall–Kier alpha value is -3.07. The highest BCUT2D eigenvalue weighted by Crippen LogP contribution is 2.18. The van der Waals surface area contributed by atoms with Gasteiger partial charge in [-0.15, -0.1) is 0 Å². The van der Waals surface area contributed by atoms with Crippen molar-refractivity contribution < 1.29 is 4.79 Å². The second kappa shape index (κ2) is 9.75. The number of rotatable bonds is 8. The molecular weight excluding hydrogens is 344 g/mol. The predicted molar refractivity (Wildman–Crippen MR) is 116 cm³/mol. The molecule has 28 heavy (non-hydrogen) atoms. The van der Waals surface area contributed by atoms with Crippen molar-refractivity contribution in [1.29, 1.82) is 0 Å². The van der Waals surface area contributed by atoms with Gasteiger partial charge in [0.2, 0.25) is 0 Å². The predicted octanol–water partition coefficient (Wildman–Crippen LogP) is 5.52. The smallest absolute Gasteiger partial charge is 0.254 e. The lowest BCUT2D eigenvalue weighted by atomic mass is 10.1. The summed E-state index contributed by atoms with van der Waals surface area (Å²) in [4.78, 5) is 14.9. The molecule has 3 aromatic rings. The van der Waals surface area contributed by atoms with Crippen molar-refractivity contribution in [1.82, 2.24) is 4.90 Å². The van der Waals surface area contributed by atoms with Gasteiger partial charge >= 0.3 is 0 Å². The van der Waals surface area contributed by atoms with Crippen LogP contribution in [0.1, 0.15) is 40.9 Å². The number of para-hydroxylation sites is 1. The summed E-state index contributed by atoms with van der Waals surface area (Å²) in [5.41, 5.74) is 5.44. The van der Waals surface area contributed by atoms with Gasteiger partial charge in [0.1, 0.15) is 0 Å². The molecule has 0 unspecified atom stereocenters. The van der Waals surface area contributed by atoms with Gasteiger partial charge in [0.05, 0.1) is 0 Å². The second-order valence-electron chi connectivity index (χ2n) is 6.87. The van der Waals surface area contributed by atoms with Gasteiger partial charge in [-0.2, -0.15) is 0 Å². The molecule has 0 aliphatic rings. The van der Waals surface area contributed by atoms with E-state index in [-0.39, 0.29) is 5.91 Å². The molecule has 1 amide bonds. The van der Waals surface area contributed by atoms with E-state index in [1.165, 1.54) is 5.56 Å². The van der Waals surface area contributed by atoms with E-state index in [0.717, 1.165) is 28.8 Å². The molecule has 3 rings (SSSR count). The van der Waals surface area contributed by atoms with E-state index in [0.29, 0.717) is 19.6 Å². The molecule has 0 fully saturated rings. The number of hydrogen-bond donors (Lipinski definition) is 1. The molecule has 0 atom stereocenters. The van der Waals surface area contributed by atoms with Gasteiger partial charge < -0.3 is 10.2 Å². The summed E-state index contributed by atoms with van der Waals surface area (Å²) in [5, 5.41) is 3.50. The Balaban J connectivity index is 1.70. The monoisotopic (exact) mass is 372 g/mol. The molecule has 1 N–H and O–H groups in total. The lowest BCUT2D eigenvalue weighted by molar-refractivity contribution is 0.0752. The molecule has 3 heteroatoms. The zero-order valence-corrected chi connectivity index (χ0v) is 16.7. The van der Waals surface area contributed by atoms with Crippen molar-refractivity contribution in [2.45, 2.75) is 33.4 Å². The van der Waals surface area contributed by atoms with Crippen molar-refractivity contribution in [2.24, 2.45) is 0 Å². The van der Waals surface area contributed by atoms with Crippen LogP contribution in [-0.2, 0) is 19.5 Å². The van der Waals surface area contributed by atoms with Gasteiger partial charge in [-0.25, -0.2) is 0 Å². The SMILES string of the molecule is CCc1ccccc1NCc1cccc(C(=O)N(CC)Cc2ccccc2)c1. The summed E-state index contributed by atoms with van der Waals surface area (Å²) in [5.74, 6) is 0.0714. The van der Waals surface area contributed by atoms with Crippen LogP contribution in [0.25, 0.3) is 0 Å². The average Bonchev–Trinajstić information content (AvgIpc) is 2.76. The maximum absolute atomic E-state index is 13.0. The number of anilines is 1. The number of amides is 1. The highest BCUT2D eigenvalue weighted by Gasteiger charge is 2.15. The van der Waals surface area contributed by atoms with Gasteiger partial charge in [0.25, 0.3) is 5.91 Å². The summed E-state index contributed by atoms with van der Waals surface area (Å²) in [6, 6.07) is 26.4. The number of benzene rings is 3. The van der Waals surface area contributed by atoms with E-state index < -0.39 is 0 Å². The Morgan fingerprint density at radius 1 is 0.857 bits per heavy atom. The lowest BCUT2D eigenvalue weighted by Gasteiger charge is -2.21. The maximum Gasteiger partial charge on any atom is 0.254 e. The first-order valence-corrected chi connectivity index (χ1v) is 9.95. The standard InChI is InChI=1S/C25H28N2O/c1-3-22-14-8-9-16-24(22)26-18-21-13-10-15-23(17-21)25(28)27(4-2)19-20-11-6-5-7-12-20/h5-17,26H,3-4,18-19H2,1-2H3. The molecule has 3 nitrogen and oxygen atoms in total. The van der Waals surface area contributed by atoms with Crippen molar-refractivity contribution >= 4 is 11.6 Å². The summed E-state index contributed by atoms with van der Waals surface area (Å²) in [7, 11) is 0. The number of hydrogen-bond acceptors (Lipinski definition) is 2. The molecular formula is C25H28N2O. The third-order valence-electron chi connectivity index (χ3n) is 4.94. The highest BCUT2D eigenvalue weighted by atomic mass is 16.2. The van der Waals surface area contributed by atoms with Crippen molar-refractivity contribution in [2.75, 3.05) is 11.9 Å². The van der Waals surface area contributed by atoms with Crippen LogP contribution in [-0.4, -0.2) is 17.4 Å². The molecule has 144 valence electrons. The zero-order chi connectivity index (χ0) is 19.8. The average molecular weight is 373 g/mol. The number of nitrogens with one attached hydrogen (secondary N) is 1. The summed E-state index contributed by atoms with van der Waals surface area (Å²) < 4.78 is 0. The Bertz CT molecular complexity index is 905. The Kier molecular flexibility index (Phi) is 6.85. The minimum Gasteiger partial charge on any atom is -0.381 e. The molecule has 0 aliphatic carbocycles. The number of nitrogens with zero attached hydrogens (tertiary/aromatic N) is 1. The molecule has 0 heterocycles. The summed E-state index contributed by atoms with van der Waals surface area (Å²) in [6.07, 6.45) is 0.993. The minimum atomic E-state index is 0.0714. The summed E-state index contributed by atoms with van der Waals surface area (Å²) in [6.45, 7) is 6.19. The summed E-state index contributed by atoms with van der Waals surface area (Å²) >= 11 is 0. The van der Waals surface area contributed by atoms with Crippen LogP contribution in [0.3, 0.4) is 0 Å². The molecule has 3 aromatic carbocycles. The van der Waals surface area contributed by atoms with Crippen molar-refractivity contribution in [3.05, 3.63) is 101 Å². The van der Waals surface area contributed by atoms with E-state index in [9.17, 15) is 4.79 Å². The normalized spacial score (nSPS) is 10.5. The van der Waals surface area contributed by atoms with Crippen LogP contribution in [0.5, 0.6) is 0 Å². The fraction of sp³-hybridized carbons (Fsp3) is 0.240. The molecule has 0 saturated carbocycles. The number of carbonyl (C=O) groups is 1. The van der Waals surface area contributed by atoms with E-state index in [4.69, 9.17) is 0 Å². The second-order valence-corrected chi connectivity index (χ2v) is 6.87. The minimum absolute atomic E-state index is 0.0714. The Morgan fingerprint density at radius 2 is 1.57 bits per heavy atom. The van der Waals surface area contributed by atoms with E-state index in [1.807, 2.05) is 54.3 Å². The maximum atomic E-state index is 13.0. The van der Waals surface area contributed by atoms with Gasteiger partial charge in [0.15, 0.2) is 0 Å². The molecule has 0 bridgehead atoms. The third kappa shape index (κ3) is 5.01. The van der Waals surface area contributed by atoms with Crippen LogP contribution in [0.4, 0.5) is 5.69 Å². The van der Waals surface area contributed by atoms with Crippen LogP contribution in [0, 0.1) is 0 Å². The van der Waals surface area contributed by atoms with Crippen molar-refractivity contribution in [3.63, 3.8) is 0 Å². The van der Waals surface area contributed by atoms with Crippen LogP contribution in [0.15, 0.2) is 78.9 Å². The van der Waals surface area contributed by atoms with Gasteiger partial charge in [-0.05, 0) is 48.2 Å². The molecule has 0 saturated heterocycles. The quantitative estimate of drug-likeness (QED) is 0.564. The third-order valence-corrected chi connectivity index (χ3v) is 4.94. The van der Waals surface area contributed by atoms with E-state index >= 15 is 0 Å². The molecule has 0 radical (unpaired) electrons. The largest absolute Gasteiger partial charge is 0.381 e. The van der Waals surface area contributed by atoms with E-state index in [1.54, 1.807) is 0 Å². The molecule has 0 aromatic heterocycles. The first kappa shape index (κ1) is 19.7. The van der Waals surface area contributed by atoms with Crippen LogP contribution in [0.2, 0.25) is 0 Å². The molecule has 0 aliphatic heterocycles. The highest BCUT2D eigenvalue weighted by molar-refractivity contribution is 5.94. The number of carbonyl (C=O) groups excluding carboxylic acids is 1. The van der Waals surface area contributed by atoms with Gasteiger partial charge in [-0.3, -0.25) is 4.79 Å². The fourth-order valence-electron chi connectivity index (χ4n) is 3.33. The van der Waals surface area contributed by atoms with Gasteiger partial charge in [-0.1, -0.05) is 67.6 Å². The zero-order valence-electron chi connectivity index (χ0n) is 16.7. The lowest BCUT2D eigenvalue weighted by Crippen LogP contribution is -2.30. The van der Waals surface area contributed by atoms with Gasteiger partial charge in [0, 0.05) is 30.9 Å². The molecule has 0 spiro atoms. The Labute approximate surface area is 168 Å². The first-order valence-electron chi connectivity index (χ1n) is 9.95. The fourth-order valence-corrected chi connectivity index (χ4v) is 3.33. The Morgan fingerprint density at radius 3 is 2.32 bits per heavy atom. The topological polar surface area (TPSA) is 32.3 Å². The van der Waals surface area contributed by atoms with Crippen LogP contribution >= 0.6 is 0 Å².